The van der Waals surface area contributed by atoms with Crippen molar-refractivity contribution in [2.75, 3.05) is 26.4 Å². The van der Waals surface area contributed by atoms with Gasteiger partial charge >= 0.3 is 0 Å². The zero-order valence-corrected chi connectivity index (χ0v) is 9.48. The molecule has 5 N–H and O–H groups in total. The van der Waals surface area contributed by atoms with E-state index < -0.39 is 5.54 Å². The van der Waals surface area contributed by atoms with Gasteiger partial charge in [-0.3, -0.25) is 0 Å². The lowest BCUT2D eigenvalue weighted by Crippen LogP contribution is -2.59. The fraction of sp³-hybridized carbons (Fsp3) is 1.00. The molecule has 0 spiro atoms. The van der Waals surface area contributed by atoms with Gasteiger partial charge in [-0.25, -0.2) is 0 Å². The zero-order chi connectivity index (χ0) is 11.9. The van der Waals surface area contributed by atoms with Crippen molar-refractivity contribution in [3.8, 4) is 0 Å². The highest BCUT2D eigenvalue weighted by Gasteiger charge is 2.30. The average Bonchev–Trinajstić information content (AvgIpc) is 2.24. The van der Waals surface area contributed by atoms with Crippen LogP contribution >= 0.6 is 0 Å². The molecule has 5 heteroatoms. The third kappa shape index (κ3) is 4.90. The van der Waals surface area contributed by atoms with Crippen LogP contribution < -0.4 is 5.32 Å². The topological polar surface area (TPSA) is 93.0 Å². The predicted octanol–water partition coefficient (Wildman–Crippen LogP) is -1.30. The lowest BCUT2D eigenvalue weighted by Gasteiger charge is -2.33. The van der Waals surface area contributed by atoms with Crippen LogP contribution in [0.1, 0.15) is 20.3 Å². The van der Waals surface area contributed by atoms with Crippen molar-refractivity contribution >= 4 is 0 Å². The second kappa shape index (κ2) is 7.14. The van der Waals surface area contributed by atoms with E-state index in [1.807, 2.05) is 13.8 Å². The summed E-state index contributed by atoms with van der Waals surface area (Å²) in [6.07, 6.45) is 0.720. The highest BCUT2D eigenvalue weighted by Crippen LogP contribution is 2.09. The van der Waals surface area contributed by atoms with Crippen LogP contribution in [0.3, 0.4) is 0 Å². The standard InChI is InChI=1S/C10H23NO4/c1-8(2)3-9(4-12)11-10(5-13,6-14)7-15/h8-9,11-15H,3-7H2,1-2H3. The molecule has 0 aromatic heterocycles. The van der Waals surface area contributed by atoms with Gasteiger partial charge in [0, 0.05) is 6.04 Å². The van der Waals surface area contributed by atoms with Gasteiger partial charge < -0.3 is 25.7 Å². The molecule has 0 aromatic carbocycles. The van der Waals surface area contributed by atoms with Gasteiger partial charge in [-0.1, -0.05) is 13.8 Å². The Bertz CT molecular complexity index is 151. The molecule has 0 aliphatic rings. The summed E-state index contributed by atoms with van der Waals surface area (Å²) < 4.78 is 0. The van der Waals surface area contributed by atoms with E-state index in [1.54, 1.807) is 0 Å². The maximum Gasteiger partial charge on any atom is 0.0884 e. The number of hydrogen-bond acceptors (Lipinski definition) is 5. The Kier molecular flexibility index (Phi) is 7.04. The summed E-state index contributed by atoms with van der Waals surface area (Å²) in [5.74, 6) is 0.392. The average molecular weight is 221 g/mol. The van der Waals surface area contributed by atoms with Gasteiger partial charge in [-0.2, -0.15) is 0 Å². The van der Waals surface area contributed by atoms with Gasteiger partial charge in [-0.05, 0) is 12.3 Å². The molecule has 0 aromatic rings. The van der Waals surface area contributed by atoms with Crippen LogP contribution in [0.15, 0.2) is 0 Å². The minimum Gasteiger partial charge on any atom is -0.395 e. The summed E-state index contributed by atoms with van der Waals surface area (Å²) >= 11 is 0. The summed E-state index contributed by atoms with van der Waals surface area (Å²) in [6, 6.07) is -0.226. The summed E-state index contributed by atoms with van der Waals surface area (Å²) in [5.41, 5.74) is -1.11. The van der Waals surface area contributed by atoms with Crippen molar-refractivity contribution in [1.29, 1.82) is 0 Å². The molecule has 0 aliphatic carbocycles. The fourth-order valence-corrected chi connectivity index (χ4v) is 1.47. The van der Waals surface area contributed by atoms with E-state index in [4.69, 9.17) is 20.4 Å². The van der Waals surface area contributed by atoms with Crippen LogP contribution in [0.4, 0.5) is 0 Å². The second-order valence-electron chi connectivity index (χ2n) is 4.41. The first-order chi connectivity index (χ1) is 7.03. The van der Waals surface area contributed by atoms with Crippen LogP contribution in [0, 0.1) is 5.92 Å². The predicted molar refractivity (Wildman–Crippen MR) is 57.5 cm³/mol. The molecule has 0 saturated heterocycles. The largest absolute Gasteiger partial charge is 0.395 e. The molecule has 1 atom stereocenters. The quantitative estimate of drug-likeness (QED) is 0.351. The lowest BCUT2D eigenvalue weighted by atomic mass is 9.98. The number of aliphatic hydroxyl groups is 4. The summed E-state index contributed by atoms with van der Waals surface area (Å²) in [5, 5.41) is 39.3. The fourth-order valence-electron chi connectivity index (χ4n) is 1.47. The van der Waals surface area contributed by atoms with E-state index in [9.17, 15) is 0 Å². The van der Waals surface area contributed by atoms with E-state index in [0.717, 1.165) is 6.42 Å². The molecule has 0 rings (SSSR count). The van der Waals surface area contributed by atoms with Crippen molar-refractivity contribution in [3.05, 3.63) is 0 Å². The molecule has 1 unspecified atom stereocenters. The molecule has 15 heavy (non-hydrogen) atoms. The molecule has 0 aliphatic heterocycles. The van der Waals surface area contributed by atoms with E-state index in [0.29, 0.717) is 5.92 Å². The number of aliphatic hydroxyl groups excluding tert-OH is 4. The number of hydrogen-bond donors (Lipinski definition) is 5. The second-order valence-corrected chi connectivity index (χ2v) is 4.41. The van der Waals surface area contributed by atoms with Crippen molar-refractivity contribution in [1.82, 2.24) is 5.32 Å². The van der Waals surface area contributed by atoms with Gasteiger partial charge in [0.15, 0.2) is 0 Å². The highest BCUT2D eigenvalue weighted by atomic mass is 16.3. The Morgan fingerprint density at radius 1 is 1.00 bits per heavy atom. The molecule has 0 fully saturated rings. The molecule has 92 valence electrons. The van der Waals surface area contributed by atoms with Gasteiger partial charge in [0.1, 0.15) is 0 Å². The van der Waals surface area contributed by atoms with Gasteiger partial charge in [-0.15, -0.1) is 0 Å². The van der Waals surface area contributed by atoms with Crippen LogP contribution in [0.5, 0.6) is 0 Å². The highest BCUT2D eigenvalue weighted by molar-refractivity contribution is 4.89. The van der Waals surface area contributed by atoms with Crippen LogP contribution in [0.2, 0.25) is 0 Å². The SMILES string of the molecule is CC(C)CC(CO)NC(CO)(CO)CO. The first kappa shape index (κ1) is 14.8. The Balaban J connectivity index is 4.34. The molecule has 0 saturated carbocycles. The molecule has 0 amide bonds. The van der Waals surface area contributed by atoms with E-state index in [1.165, 1.54) is 0 Å². The minimum atomic E-state index is -1.11. The maximum atomic E-state index is 9.12. The smallest absolute Gasteiger partial charge is 0.0884 e. The molecular formula is C10H23NO4. The van der Waals surface area contributed by atoms with Gasteiger partial charge in [0.25, 0.3) is 0 Å². The Labute approximate surface area is 90.8 Å². The van der Waals surface area contributed by atoms with Crippen molar-refractivity contribution < 1.29 is 20.4 Å². The minimum absolute atomic E-state index is 0.0834. The third-order valence-electron chi connectivity index (χ3n) is 2.39. The molecule has 0 bridgehead atoms. The van der Waals surface area contributed by atoms with Gasteiger partial charge in [0.05, 0.1) is 32.0 Å². The summed E-state index contributed by atoms with van der Waals surface area (Å²) in [4.78, 5) is 0. The van der Waals surface area contributed by atoms with Gasteiger partial charge in [0.2, 0.25) is 0 Å². The van der Waals surface area contributed by atoms with Crippen LogP contribution in [0.25, 0.3) is 0 Å². The molecule has 0 radical (unpaired) electrons. The first-order valence-electron chi connectivity index (χ1n) is 5.24. The third-order valence-corrected chi connectivity index (χ3v) is 2.39. The monoisotopic (exact) mass is 221 g/mol. The molecule has 5 nitrogen and oxygen atoms in total. The Morgan fingerprint density at radius 2 is 1.47 bits per heavy atom. The van der Waals surface area contributed by atoms with E-state index in [2.05, 4.69) is 5.32 Å². The molecular weight excluding hydrogens is 198 g/mol. The normalized spacial score (nSPS) is 14.6. The van der Waals surface area contributed by atoms with Crippen molar-refractivity contribution in [2.45, 2.75) is 31.8 Å². The summed E-state index contributed by atoms with van der Waals surface area (Å²) in [6.45, 7) is 2.85. The van der Waals surface area contributed by atoms with Crippen molar-refractivity contribution in [3.63, 3.8) is 0 Å². The summed E-state index contributed by atoms with van der Waals surface area (Å²) in [7, 11) is 0. The number of nitrogens with one attached hydrogen (secondary N) is 1. The molecule has 0 heterocycles. The van der Waals surface area contributed by atoms with E-state index >= 15 is 0 Å². The van der Waals surface area contributed by atoms with Crippen LogP contribution in [-0.4, -0.2) is 58.4 Å². The Hall–Kier alpha value is -0.200. The maximum absolute atomic E-state index is 9.12. The lowest BCUT2D eigenvalue weighted by molar-refractivity contribution is 0.0254. The Morgan fingerprint density at radius 3 is 1.73 bits per heavy atom. The number of rotatable bonds is 8. The zero-order valence-electron chi connectivity index (χ0n) is 9.48. The van der Waals surface area contributed by atoms with Crippen molar-refractivity contribution in [2.24, 2.45) is 5.92 Å². The van der Waals surface area contributed by atoms with Crippen LogP contribution in [-0.2, 0) is 0 Å². The first-order valence-corrected chi connectivity index (χ1v) is 5.24. The van der Waals surface area contributed by atoms with E-state index in [-0.39, 0.29) is 32.5 Å².